The van der Waals surface area contributed by atoms with Crippen molar-refractivity contribution in [2.75, 3.05) is 44.0 Å². The van der Waals surface area contributed by atoms with E-state index in [9.17, 15) is 14.7 Å². The molecule has 0 spiro atoms. The van der Waals surface area contributed by atoms with E-state index in [1.165, 1.54) is 5.56 Å². The summed E-state index contributed by atoms with van der Waals surface area (Å²) in [6.07, 6.45) is 2.36. The number of urea groups is 1. The number of benzene rings is 4. The number of carbonyl (C=O) groups is 2. The van der Waals surface area contributed by atoms with Crippen molar-refractivity contribution in [1.82, 2.24) is 9.80 Å². The molecule has 49 heavy (non-hydrogen) atoms. The maximum atomic E-state index is 14.5. The van der Waals surface area contributed by atoms with Crippen LogP contribution in [0.2, 0.25) is 0 Å². The van der Waals surface area contributed by atoms with Gasteiger partial charge < -0.3 is 30.1 Å². The van der Waals surface area contributed by atoms with Gasteiger partial charge in [0.25, 0.3) is 5.91 Å². The summed E-state index contributed by atoms with van der Waals surface area (Å²) in [6, 6.07) is 28.2. The van der Waals surface area contributed by atoms with Crippen LogP contribution in [0.4, 0.5) is 16.2 Å². The highest BCUT2D eigenvalue weighted by atomic mass is 16.5. The van der Waals surface area contributed by atoms with Gasteiger partial charge in [0.1, 0.15) is 5.75 Å². The molecular weight excluding hydrogens is 616 g/mol. The van der Waals surface area contributed by atoms with E-state index in [0.29, 0.717) is 42.4 Å². The minimum atomic E-state index is -0.456. The van der Waals surface area contributed by atoms with Crippen LogP contribution in [0, 0.1) is 5.92 Å². The minimum absolute atomic E-state index is 0.0322. The normalized spacial score (nSPS) is 19.8. The highest BCUT2D eigenvalue weighted by molar-refractivity contribution is 6.07. The van der Waals surface area contributed by atoms with Gasteiger partial charge in [-0.25, -0.2) is 4.79 Å². The lowest BCUT2D eigenvalue weighted by Crippen LogP contribution is -2.47. The molecule has 3 amide bonds. The number of hydrogen-bond acceptors (Lipinski definition) is 6. The summed E-state index contributed by atoms with van der Waals surface area (Å²) in [5, 5.41) is 18.1. The fraction of sp³-hybridized carbons (Fsp3) is 0.400. The van der Waals surface area contributed by atoms with Gasteiger partial charge in [-0.2, -0.15) is 0 Å². The maximum Gasteiger partial charge on any atom is 0.323 e. The Morgan fingerprint density at radius 1 is 0.980 bits per heavy atom. The Balaban J connectivity index is 1.39. The molecule has 0 saturated carbocycles. The second-order valence-electron chi connectivity index (χ2n) is 13.3. The molecular formula is C40H50N4O5. The molecule has 4 atom stereocenters. The smallest absolute Gasteiger partial charge is 0.323 e. The molecule has 260 valence electrons. The van der Waals surface area contributed by atoms with E-state index >= 15 is 0 Å². The number of anilines is 2. The number of aliphatic hydroxyl groups is 1. The van der Waals surface area contributed by atoms with Crippen molar-refractivity contribution in [3.63, 3.8) is 0 Å². The molecule has 1 heterocycles. The number of carbonyl (C=O) groups excluding carboxylic acids is 2. The van der Waals surface area contributed by atoms with Crippen molar-refractivity contribution in [3.05, 3.63) is 102 Å². The largest absolute Gasteiger partial charge is 0.490 e. The first-order valence-corrected chi connectivity index (χ1v) is 17.3. The first-order valence-electron chi connectivity index (χ1n) is 17.3. The molecule has 4 aromatic rings. The zero-order valence-electron chi connectivity index (χ0n) is 29.1. The molecule has 0 fully saturated rings. The van der Waals surface area contributed by atoms with Gasteiger partial charge in [0.05, 0.1) is 36.1 Å². The molecule has 4 aromatic carbocycles. The molecule has 0 unspecified atom stereocenters. The van der Waals surface area contributed by atoms with Gasteiger partial charge in [-0.05, 0) is 75.4 Å². The van der Waals surface area contributed by atoms with Crippen LogP contribution in [0.5, 0.6) is 5.75 Å². The Morgan fingerprint density at radius 3 is 2.53 bits per heavy atom. The molecule has 1 aliphatic heterocycles. The van der Waals surface area contributed by atoms with Gasteiger partial charge in [0.2, 0.25) is 0 Å². The second-order valence-corrected chi connectivity index (χ2v) is 13.3. The van der Waals surface area contributed by atoms with Gasteiger partial charge in [-0.1, -0.05) is 73.7 Å². The number of nitrogens with one attached hydrogen (secondary N) is 2. The van der Waals surface area contributed by atoms with Gasteiger partial charge in [0, 0.05) is 43.2 Å². The highest BCUT2D eigenvalue weighted by Gasteiger charge is 2.30. The summed E-state index contributed by atoms with van der Waals surface area (Å²) >= 11 is 0. The summed E-state index contributed by atoms with van der Waals surface area (Å²) < 4.78 is 12.9. The molecule has 1 aliphatic rings. The zero-order chi connectivity index (χ0) is 34.8. The molecule has 9 heteroatoms. The number of ether oxygens (including phenoxy) is 2. The van der Waals surface area contributed by atoms with Crippen molar-refractivity contribution in [2.45, 2.75) is 64.8 Å². The van der Waals surface area contributed by atoms with Crippen molar-refractivity contribution in [3.8, 4) is 5.75 Å². The minimum Gasteiger partial charge on any atom is -0.490 e. The van der Waals surface area contributed by atoms with Gasteiger partial charge >= 0.3 is 6.03 Å². The molecule has 0 bridgehead atoms. The van der Waals surface area contributed by atoms with E-state index in [4.69, 9.17) is 9.47 Å². The van der Waals surface area contributed by atoms with Crippen LogP contribution in [0.25, 0.3) is 10.8 Å². The van der Waals surface area contributed by atoms with Gasteiger partial charge in [-0.3, -0.25) is 9.69 Å². The summed E-state index contributed by atoms with van der Waals surface area (Å²) in [4.78, 5) is 31.6. The number of fused-ring (bicyclic) bond motifs is 2. The standard InChI is InChI=1S/C40H50N4O5/c1-28-24-44(29(2)27-45)39(46)35-23-33(41-40(47)42-36-19-12-17-32-16-8-9-18-34(32)36)20-21-37(35)49-30(3)13-10-11-22-48-38(28)26-43(4)25-31-14-6-5-7-15-31/h5-9,12,14-21,23,28-30,38,45H,10-11,13,22,24-27H2,1-4H3,(H2,41,42,47)/t28-,29+,30-,38-/m1/s1. The first-order chi connectivity index (χ1) is 23.7. The fourth-order valence-electron chi connectivity index (χ4n) is 6.35. The first kappa shape index (κ1) is 35.9. The lowest BCUT2D eigenvalue weighted by atomic mass is 10.0. The molecule has 3 N–H and O–H groups in total. The highest BCUT2D eigenvalue weighted by Crippen LogP contribution is 2.29. The quantitative estimate of drug-likeness (QED) is 0.181. The van der Waals surface area contributed by atoms with Crippen molar-refractivity contribution < 1.29 is 24.2 Å². The van der Waals surface area contributed by atoms with Gasteiger partial charge in [-0.15, -0.1) is 0 Å². The van der Waals surface area contributed by atoms with Crippen LogP contribution in [0.1, 0.15) is 56.0 Å². The third-order valence-electron chi connectivity index (χ3n) is 9.13. The third-order valence-corrected chi connectivity index (χ3v) is 9.13. The van der Waals surface area contributed by atoms with Crippen LogP contribution < -0.4 is 15.4 Å². The van der Waals surface area contributed by atoms with E-state index < -0.39 is 12.1 Å². The molecule has 0 radical (unpaired) electrons. The summed E-state index contributed by atoms with van der Waals surface area (Å²) in [5.41, 5.74) is 2.70. The number of amides is 3. The molecule has 0 aromatic heterocycles. The van der Waals surface area contributed by atoms with Crippen molar-refractivity contribution >= 4 is 34.1 Å². The van der Waals surface area contributed by atoms with Crippen molar-refractivity contribution in [1.29, 1.82) is 0 Å². The number of rotatable bonds is 8. The zero-order valence-corrected chi connectivity index (χ0v) is 29.1. The van der Waals surface area contributed by atoms with Crippen LogP contribution >= 0.6 is 0 Å². The Labute approximate surface area is 290 Å². The van der Waals surface area contributed by atoms with Crippen molar-refractivity contribution in [2.24, 2.45) is 5.92 Å². The number of hydrogen-bond donors (Lipinski definition) is 3. The molecule has 5 rings (SSSR count). The predicted octanol–water partition coefficient (Wildman–Crippen LogP) is 7.41. The van der Waals surface area contributed by atoms with E-state index in [1.54, 1.807) is 23.1 Å². The number of likely N-dealkylation sites (N-methyl/N-ethyl adjacent to an activating group) is 1. The molecule has 0 saturated heterocycles. The van der Waals surface area contributed by atoms with Gasteiger partial charge in [0.15, 0.2) is 0 Å². The Bertz CT molecular complexity index is 1680. The predicted molar refractivity (Wildman–Crippen MR) is 196 cm³/mol. The van der Waals surface area contributed by atoms with E-state index in [0.717, 1.165) is 36.6 Å². The fourth-order valence-corrected chi connectivity index (χ4v) is 6.35. The van der Waals surface area contributed by atoms with E-state index in [-0.39, 0.29) is 30.6 Å². The Hall–Kier alpha value is -4.44. The number of aliphatic hydroxyl groups excluding tert-OH is 1. The number of nitrogens with zero attached hydrogens (tertiary/aromatic N) is 2. The lowest BCUT2D eigenvalue weighted by Gasteiger charge is -2.36. The SMILES string of the molecule is C[C@@H]1CCCCO[C@H](CN(C)Cc2ccccc2)[C@H](C)CN([C@@H](C)CO)C(=O)c2cc(NC(=O)Nc3cccc4ccccc34)ccc2O1. The summed E-state index contributed by atoms with van der Waals surface area (Å²) in [7, 11) is 2.09. The average Bonchev–Trinajstić information content (AvgIpc) is 3.10. The van der Waals surface area contributed by atoms with Crippen LogP contribution in [-0.2, 0) is 11.3 Å². The third kappa shape index (κ3) is 9.81. The monoisotopic (exact) mass is 666 g/mol. The second kappa shape index (κ2) is 17.3. The summed E-state index contributed by atoms with van der Waals surface area (Å²) in [6.45, 7) is 8.23. The topological polar surface area (TPSA) is 103 Å². The van der Waals surface area contributed by atoms with E-state index in [1.807, 2.05) is 74.5 Å². The molecule has 9 nitrogen and oxygen atoms in total. The molecule has 0 aliphatic carbocycles. The van der Waals surface area contributed by atoms with E-state index in [2.05, 4.69) is 41.6 Å². The van der Waals surface area contributed by atoms with Crippen LogP contribution in [0.15, 0.2) is 91.0 Å². The maximum absolute atomic E-state index is 14.5. The average molecular weight is 667 g/mol. The van der Waals surface area contributed by atoms with Crippen LogP contribution in [0.3, 0.4) is 0 Å². The van der Waals surface area contributed by atoms with Crippen LogP contribution in [-0.4, -0.2) is 78.4 Å². The lowest BCUT2D eigenvalue weighted by molar-refractivity contribution is -0.0177. The Morgan fingerprint density at radius 2 is 1.73 bits per heavy atom. The summed E-state index contributed by atoms with van der Waals surface area (Å²) in [5.74, 6) is 0.144. The Kier molecular flexibility index (Phi) is 12.6.